The van der Waals surface area contributed by atoms with E-state index in [1.165, 1.54) is 6.07 Å². The van der Waals surface area contributed by atoms with Crippen molar-refractivity contribution in [2.75, 3.05) is 5.32 Å². The summed E-state index contributed by atoms with van der Waals surface area (Å²) in [6.45, 7) is 0. The Morgan fingerprint density at radius 2 is 1.79 bits per heavy atom. The minimum Gasteiger partial charge on any atom is -0.451 e. The van der Waals surface area contributed by atoms with E-state index in [-0.39, 0.29) is 16.7 Å². The molecule has 2 aromatic carbocycles. The molecule has 138 valence electrons. The van der Waals surface area contributed by atoms with Crippen LogP contribution in [0.5, 0.6) is 0 Å². The van der Waals surface area contributed by atoms with Gasteiger partial charge in [-0.05, 0) is 49.1 Å². The Kier molecular flexibility index (Phi) is 3.65. The molecule has 0 unspecified atom stereocenters. The number of amides is 1. The van der Waals surface area contributed by atoms with Crippen LogP contribution in [0.15, 0.2) is 62.5 Å². The van der Waals surface area contributed by atoms with Crippen molar-refractivity contribution >= 4 is 33.5 Å². The highest BCUT2D eigenvalue weighted by molar-refractivity contribution is 6.04. The number of carbonyl (C=O) groups excluding carboxylic acids is 1. The van der Waals surface area contributed by atoms with Gasteiger partial charge in [-0.2, -0.15) is 0 Å². The highest BCUT2D eigenvalue weighted by atomic mass is 16.3. The first kappa shape index (κ1) is 16.5. The number of benzene rings is 2. The summed E-state index contributed by atoms with van der Waals surface area (Å²) in [5.74, 6) is -0.586. The molecule has 0 fully saturated rings. The number of anilines is 1. The van der Waals surface area contributed by atoms with Crippen LogP contribution in [0.3, 0.4) is 0 Å². The zero-order valence-electron chi connectivity index (χ0n) is 14.9. The number of H-pyrrole nitrogens is 1. The minimum atomic E-state index is -0.522. The average Bonchev–Trinajstić information content (AvgIpc) is 3.18. The normalized spacial score (nSPS) is 13.0. The highest BCUT2D eigenvalue weighted by Gasteiger charge is 2.18. The molecule has 28 heavy (non-hydrogen) atoms. The molecule has 1 aliphatic carbocycles. The summed E-state index contributed by atoms with van der Waals surface area (Å²) >= 11 is 0. The third-order valence-corrected chi connectivity index (χ3v) is 5.20. The summed E-state index contributed by atoms with van der Waals surface area (Å²) in [5.41, 5.74) is 3.18. The Hall–Kier alpha value is -3.67. The summed E-state index contributed by atoms with van der Waals surface area (Å²) in [6.07, 6.45) is 2.68. The summed E-state index contributed by atoms with van der Waals surface area (Å²) in [5, 5.41) is 4.17. The predicted molar refractivity (Wildman–Crippen MR) is 107 cm³/mol. The van der Waals surface area contributed by atoms with Gasteiger partial charge < -0.3 is 14.7 Å². The number of aromatic nitrogens is 1. The van der Waals surface area contributed by atoms with E-state index < -0.39 is 5.91 Å². The minimum absolute atomic E-state index is 0.0637. The molecule has 5 rings (SSSR count). The molecule has 1 aliphatic rings. The number of rotatable bonds is 2. The van der Waals surface area contributed by atoms with Crippen LogP contribution in [0.1, 0.15) is 28.1 Å². The molecule has 0 aliphatic heterocycles. The van der Waals surface area contributed by atoms with Crippen molar-refractivity contribution in [2.24, 2.45) is 0 Å². The number of pyridine rings is 1. The molecular weight excluding hydrogens is 356 g/mol. The monoisotopic (exact) mass is 372 g/mol. The van der Waals surface area contributed by atoms with Crippen molar-refractivity contribution in [3.05, 3.63) is 86.0 Å². The highest BCUT2D eigenvalue weighted by Crippen LogP contribution is 2.28. The number of aryl methyl sites for hydroxylation is 1. The van der Waals surface area contributed by atoms with Crippen molar-refractivity contribution in [3.8, 4) is 0 Å². The summed E-state index contributed by atoms with van der Waals surface area (Å²) in [4.78, 5) is 39.9. The van der Waals surface area contributed by atoms with Crippen molar-refractivity contribution in [1.29, 1.82) is 0 Å². The molecule has 1 amide bonds. The van der Waals surface area contributed by atoms with Crippen molar-refractivity contribution < 1.29 is 9.21 Å². The smallest absolute Gasteiger partial charge is 0.291 e. The Balaban J connectivity index is 1.52. The van der Waals surface area contributed by atoms with Crippen LogP contribution >= 0.6 is 0 Å². The Morgan fingerprint density at radius 3 is 2.68 bits per heavy atom. The lowest BCUT2D eigenvalue weighted by molar-refractivity contribution is 0.0997. The third-order valence-electron chi connectivity index (χ3n) is 5.20. The van der Waals surface area contributed by atoms with Crippen LogP contribution < -0.4 is 16.3 Å². The lowest BCUT2D eigenvalue weighted by Crippen LogP contribution is -2.15. The van der Waals surface area contributed by atoms with Gasteiger partial charge in [-0.1, -0.05) is 18.2 Å². The van der Waals surface area contributed by atoms with E-state index in [9.17, 15) is 14.4 Å². The first-order chi connectivity index (χ1) is 13.6. The molecule has 0 atom stereocenters. The van der Waals surface area contributed by atoms with Gasteiger partial charge in [-0.3, -0.25) is 14.4 Å². The fourth-order valence-electron chi connectivity index (χ4n) is 3.89. The van der Waals surface area contributed by atoms with Crippen molar-refractivity contribution in [1.82, 2.24) is 4.98 Å². The number of nitrogens with one attached hydrogen (secondary N) is 2. The van der Waals surface area contributed by atoms with Crippen LogP contribution in [0.2, 0.25) is 0 Å². The molecule has 0 saturated heterocycles. The number of carbonyl (C=O) groups is 1. The molecule has 0 bridgehead atoms. The van der Waals surface area contributed by atoms with E-state index in [2.05, 4.69) is 10.3 Å². The molecule has 2 aromatic heterocycles. The summed E-state index contributed by atoms with van der Waals surface area (Å²) < 4.78 is 5.57. The van der Waals surface area contributed by atoms with E-state index in [4.69, 9.17) is 4.42 Å². The lowest BCUT2D eigenvalue weighted by atomic mass is 10.1. The van der Waals surface area contributed by atoms with E-state index in [1.807, 2.05) is 6.07 Å². The molecular formula is C22H16N2O4. The molecule has 4 aromatic rings. The number of para-hydroxylation sites is 1. The Bertz CT molecular complexity index is 1380. The first-order valence-electron chi connectivity index (χ1n) is 9.12. The second-order valence-electron chi connectivity index (χ2n) is 6.95. The Labute approximate surface area is 158 Å². The standard InChI is InChI=1S/C22H16N2O4/c25-18-11-20(28-19-7-2-1-4-16(18)19)22(27)23-12-8-9-14-13-5-3-6-15(13)21(26)24-17(14)10-12/h1-2,4,7-11H,3,5-6H2,(H,23,27)(H,24,26). The van der Waals surface area contributed by atoms with Gasteiger partial charge in [0.05, 0.1) is 10.9 Å². The molecule has 0 spiro atoms. The molecule has 0 saturated carbocycles. The van der Waals surface area contributed by atoms with E-state index in [0.717, 1.165) is 35.8 Å². The maximum absolute atomic E-state index is 12.6. The SMILES string of the molecule is O=C(Nc1ccc2c3c(c(=O)[nH]c2c1)CCC3)c1cc(=O)c2ccccc2o1. The third kappa shape index (κ3) is 2.62. The van der Waals surface area contributed by atoms with Crippen molar-refractivity contribution in [3.63, 3.8) is 0 Å². The summed E-state index contributed by atoms with van der Waals surface area (Å²) in [6, 6.07) is 13.4. The second kappa shape index (κ2) is 6.20. The van der Waals surface area contributed by atoms with Crippen LogP contribution in [0.25, 0.3) is 21.9 Å². The van der Waals surface area contributed by atoms with Crippen LogP contribution in [0.4, 0.5) is 5.69 Å². The van der Waals surface area contributed by atoms with Crippen LogP contribution in [-0.4, -0.2) is 10.9 Å². The maximum Gasteiger partial charge on any atom is 0.291 e. The topological polar surface area (TPSA) is 92.2 Å². The lowest BCUT2D eigenvalue weighted by Gasteiger charge is -2.09. The van der Waals surface area contributed by atoms with E-state index in [0.29, 0.717) is 22.2 Å². The van der Waals surface area contributed by atoms with E-state index >= 15 is 0 Å². The fraction of sp³-hybridized carbons (Fsp3) is 0.136. The molecule has 0 radical (unpaired) electrons. The second-order valence-corrected chi connectivity index (χ2v) is 6.95. The predicted octanol–water partition coefficient (Wildman–Crippen LogP) is 3.38. The van der Waals surface area contributed by atoms with Crippen molar-refractivity contribution in [2.45, 2.75) is 19.3 Å². The average molecular weight is 372 g/mol. The number of hydrogen-bond acceptors (Lipinski definition) is 4. The Morgan fingerprint density at radius 1 is 0.964 bits per heavy atom. The van der Waals surface area contributed by atoms with Crippen LogP contribution in [0, 0.1) is 0 Å². The molecule has 6 heteroatoms. The quantitative estimate of drug-likeness (QED) is 0.564. The number of hydrogen-bond donors (Lipinski definition) is 2. The van der Waals surface area contributed by atoms with Gasteiger partial charge in [-0.25, -0.2) is 0 Å². The largest absolute Gasteiger partial charge is 0.451 e. The van der Waals surface area contributed by atoms with Gasteiger partial charge in [0.1, 0.15) is 5.58 Å². The van der Waals surface area contributed by atoms with Gasteiger partial charge in [0, 0.05) is 22.7 Å². The van der Waals surface area contributed by atoms with Gasteiger partial charge >= 0.3 is 0 Å². The zero-order chi connectivity index (χ0) is 19.3. The molecule has 2 N–H and O–H groups in total. The molecule has 2 heterocycles. The number of fused-ring (bicyclic) bond motifs is 4. The van der Waals surface area contributed by atoms with Gasteiger partial charge in [0.2, 0.25) is 0 Å². The maximum atomic E-state index is 12.6. The van der Waals surface area contributed by atoms with Crippen LogP contribution in [-0.2, 0) is 12.8 Å². The summed E-state index contributed by atoms with van der Waals surface area (Å²) in [7, 11) is 0. The van der Waals surface area contributed by atoms with Gasteiger partial charge in [0.15, 0.2) is 11.2 Å². The van der Waals surface area contributed by atoms with Gasteiger partial charge in [0.25, 0.3) is 11.5 Å². The zero-order valence-corrected chi connectivity index (χ0v) is 14.9. The first-order valence-corrected chi connectivity index (χ1v) is 9.12. The molecule has 6 nitrogen and oxygen atoms in total. The van der Waals surface area contributed by atoms with E-state index in [1.54, 1.807) is 36.4 Å². The van der Waals surface area contributed by atoms with Gasteiger partial charge in [-0.15, -0.1) is 0 Å². The number of aromatic amines is 1. The fourth-order valence-corrected chi connectivity index (χ4v) is 3.89.